The van der Waals surface area contributed by atoms with Crippen molar-refractivity contribution < 1.29 is 9.53 Å². The van der Waals surface area contributed by atoms with Crippen LogP contribution in [0.2, 0.25) is 0 Å². The van der Waals surface area contributed by atoms with Gasteiger partial charge in [-0.1, -0.05) is 48.5 Å². The molecule has 1 amide bonds. The molecule has 22 heavy (non-hydrogen) atoms. The van der Waals surface area contributed by atoms with Gasteiger partial charge in [-0.3, -0.25) is 5.32 Å². The zero-order valence-corrected chi connectivity index (χ0v) is 11.6. The fourth-order valence-corrected chi connectivity index (χ4v) is 1.89. The van der Waals surface area contributed by atoms with Gasteiger partial charge in [-0.15, -0.1) is 10.2 Å². The van der Waals surface area contributed by atoms with Crippen molar-refractivity contribution in [2.24, 2.45) is 0 Å². The largest absolute Gasteiger partial charge is 0.418 e. The predicted molar refractivity (Wildman–Crippen MR) is 83.6 cm³/mol. The highest BCUT2D eigenvalue weighted by Crippen LogP contribution is 2.16. The maximum atomic E-state index is 11.7. The third-order valence-corrected chi connectivity index (χ3v) is 2.92. The zero-order chi connectivity index (χ0) is 15.2. The van der Waals surface area contributed by atoms with E-state index >= 15 is 0 Å². The average Bonchev–Trinajstić information content (AvgIpc) is 2.57. The summed E-state index contributed by atoms with van der Waals surface area (Å²) in [4.78, 5) is 11.7. The highest BCUT2D eigenvalue weighted by Gasteiger charge is 2.07. The Hall–Kier alpha value is -3.21. The Morgan fingerprint density at radius 3 is 2.14 bits per heavy atom. The van der Waals surface area contributed by atoms with Gasteiger partial charge in [0.15, 0.2) is 5.82 Å². The number of para-hydroxylation sites is 1. The van der Waals surface area contributed by atoms with Crippen LogP contribution in [0, 0.1) is 0 Å². The molecule has 0 unspecified atom stereocenters. The van der Waals surface area contributed by atoms with Gasteiger partial charge in [-0.2, -0.15) is 0 Å². The Kier molecular flexibility index (Phi) is 4.06. The van der Waals surface area contributed by atoms with Crippen LogP contribution < -0.4 is 10.1 Å². The van der Waals surface area contributed by atoms with E-state index in [1.165, 1.54) is 0 Å². The topological polar surface area (TPSA) is 64.1 Å². The van der Waals surface area contributed by atoms with Gasteiger partial charge in [0, 0.05) is 5.56 Å². The van der Waals surface area contributed by atoms with E-state index in [0.29, 0.717) is 11.6 Å². The second-order valence-electron chi connectivity index (χ2n) is 4.50. The van der Waals surface area contributed by atoms with Crippen molar-refractivity contribution in [1.82, 2.24) is 10.2 Å². The van der Waals surface area contributed by atoms with Crippen molar-refractivity contribution in [3.05, 3.63) is 72.8 Å². The van der Waals surface area contributed by atoms with Crippen LogP contribution in [0.1, 0.15) is 0 Å². The van der Waals surface area contributed by atoms with E-state index in [9.17, 15) is 4.79 Å². The lowest BCUT2D eigenvalue weighted by molar-refractivity contribution is 0.215. The van der Waals surface area contributed by atoms with Crippen molar-refractivity contribution >= 4 is 11.9 Å². The summed E-state index contributed by atoms with van der Waals surface area (Å²) in [6.45, 7) is 0. The third-order valence-electron chi connectivity index (χ3n) is 2.92. The first-order chi connectivity index (χ1) is 10.8. The highest BCUT2D eigenvalue weighted by molar-refractivity contribution is 5.85. The Balaban J connectivity index is 1.65. The summed E-state index contributed by atoms with van der Waals surface area (Å²) >= 11 is 0. The Bertz CT molecular complexity index is 744. The van der Waals surface area contributed by atoms with E-state index in [1.807, 2.05) is 36.4 Å². The van der Waals surface area contributed by atoms with Gasteiger partial charge in [0.2, 0.25) is 0 Å². The van der Waals surface area contributed by atoms with Crippen LogP contribution in [0.5, 0.6) is 5.75 Å². The molecule has 0 spiro atoms. The second-order valence-corrected chi connectivity index (χ2v) is 4.50. The third kappa shape index (κ3) is 3.46. The molecule has 0 saturated carbocycles. The molecular formula is C17H13N3O2. The number of anilines is 1. The summed E-state index contributed by atoms with van der Waals surface area (Å²) in [6, 6.07) is 22.0. The number of rotatable bonds is 3. The van der Waals surface area contributed by atoms with Crippen LogP contribution in [0.3, 0.4) is 0 Å². The number of hydrogen-bond donors (Lipinski definition) is 1. The van der Waals surface area contributed by atoms with Gasteiger partial charge in [0.1, 0.15) is 5.75 Å². The SMILES string of the molecule is O=C(Nc1ccc(-c2ccccc2)nn1)Oc1ccccc1. The van der Waals surface area contributed by atoms with E-state index in [0.717, 1.165) is 11.3 Å². The molecule has 3 rings (SSSR count). The van der Waals surface area contributed by atoms with E-state index in [2.05, 4.69) is 15.5 Å². The minimum absolute atomic E-state index is 0.334. The predicted octanol–water partition coefficient (Wildman–Crippen LogP) is 3.75. The summed E-state index contributed by atoms with van der Waals surface area (Å²) in [6.07, 6.45) is -0.604. The number of benzene rings is 2. The van der Waals surface area contributed by atoms with Gasteiger partial charge in [0.05, 0.1) is 5.69 Å². The first-order valence-corrected chi connectivity index (χ1v) is 6.74. The molecule has 2 aromatic carbocycles. The minimum atomic E-state index is -0.604. The van der Waals surface area contributed by atoms with Crippen molar-refractivity contribution in [2.75, 3.05) is 5.32 Å². The molecular weight excluding hydrogens is 278 g/mol. The lowest BCUT2D eigenvalue weighted by Gasteiger charge is -2.06. The van der Waals surface area contributed by atoms with E-state index in [1.54, 1.807) is 36.4 Å². The van der Waals surface area contributed by atoms with Crippen LogP contribution in [0.15, 0.2) is 72.8 Å². The van der Waals surface area contributed by atoms with Gasteiger partial charge in [-0.25, -0.2) is 4.79 Å². The van der Waals surface area contributed by atoms with Crippen molar-refractivity contribution in [3.8, 4) is 17.0 Å². The Labute approximate surface area is 127 Å². The molecule has 0 aliphatic heterocycles. The molecule has 5 heteroatoms. The van der Waals surface area contributed by atoms with E-state index in [4.69, 9.17) is 4.74 Å². The van der Waals surface area contributed by atoms with Crippen molar-refractivity contribution in [1.29, 1.82) is 0 Å². The van der Waals surface area contributed by atoms with Crippen LogP contribution in [0.25, 0.3) is 11.3 Å². The number of hydrogen-bond acceptors (Lipinski definition) is 4. The smallest absolute Gasteiger partial charge is 0.410 e. The fourth-order valence-electron chi connectivity index (χ4n) is 1.89. The van der Waals surface area contributed by atoms with Gasteiger partial charge < -0.3 is 4.74 Å². The second kappa shape index (κ2) is 6.49. The van der Waals surface area contributed by atoms with Crippen LogP contribution >= 0.6 is 0 Å². The molecule has 3 aromatic rings. The molecule has 0 aliphatic rings. The molecule has 0 fully saturated rings. The summed E-state index contributed by atoms with van der Waals surface area (Å²) in [7, 11) is 0. The molecule has 0 atom stereocenters. The number of nitrogens with zero attached hydrogens (tertiary/aromatic N) is 2. The Morgan fingerprint density at radius 2 is 1.50 bits per heavy atom. The first kappa shape index (κ1) is 13.8. The first-order valence-electron chi connectivity index (χ1n) is 6.74. The number of carbonyl (C=O) groups is 1. The molecule has 108 valence electrons. The van der Waals surface area contributed by atoms with Crippen molar-refractivity contribution in [3.63, 3.8) is 0 Å². The monoisotopic (exact) mass is 291 g/mol. The number of nitrogens with one attached hydrogen (secondary N) is 1. The fraction of sp³-hybridized carbons (Fsp3) is 0. The van der Waals surface area contributed by atoms with Crippen LogP contribution in [-0.4, -0.2) is 16.3 Å². The zero-order valence-electron chi connectivity index (χ0n) is 11.6. The summed E-state index contributed by atoms with van der Waals surface area (Å²) in [5.74, 6) is 0.800. The number of ether oxygens (including phenoxy) is 1. The molecule has 1 aromatic heterocycles. The van der Waals surface area contributed by atoms with Gasteiger partial charge >= 0.3 is 6.09 Å². The summed E-state index contributed by atoms with van der Waals surface area (Å²) < 4.78 is 5.12. The van der Waals surface area contributed by atoms with Crippen LogP contribution in [-0.2, 0) is 0 Å². The minimum Gasteiger partial charge on any atom is -0.410 e. The maximum absolute atomic E-state index is 11.7. The molecule has 0 bridgehead atoms. The van der Waals surface area contributed by atoms with Gasteiger partial charge in [0.25, 0.3) is 0 Å². The molecule has 5 nitrogen and oxygen atoms in total. The molecule has 1 N–H and O–H groups in total. The van der Waals surface area contributed by atoms with E-state index < -0.39 is 6.09 Å². The molecule has 0 saturated heterocycles. The van der Waals surface area contributed by atoms with Crippen molar-refractivity contribution in [2.45, 2.75) is 0 Å². The van der Waals surface area contributed by atoms with E-state index in [-0.39, 0.29) is 0 Å². The molecule has 0 aliphatic carbocycles. The normalized spacial score (nSPS) is 10.0. The quantitative estimate of drug-likeness (QED) is 0.798. The Morgan fingerprint density at radius 1 is 0.818 bits per heavy atom. The standard InChI is InChI=1S/C17H13N3O2/c21-17(22-14-9-5-2-6-10-14)18-16-12-11-15(19-20-16)13-7-3-1-4-8-13/h1-12H,(H,18,20,21). The number of amides is 1. The average molecular weight is 291 g/mol. The highest BCUT2D eigenvalue weighted by atomic mass is 16.6. The number of carbonyl (C=O) groups excluding carboxylic acids is 1. The van der Waals surface area contributed by atoms with Crippen LogP contribution in [0.4, 0.5) is 10.6 Å². The lowest BCUT2D eigenvalue weighted by Crippen LogP contribution is -2.17. The van der Waals surface area contributed by atoms with Gasteiger partial charge in [-0.05, 0) is 24.3 Å². The maximum Gasteiger partial charge on any atom is 0.418 e. The summed E-state index contributed by atoms with van der Waals surface area (Å²) in [5, 5.41) is 10.6. The number of aromatic nitrogens is 2. The molecule has 1 heterocycles. The molecule has 0 radical (unpaired) electrons. The lowest BCUT2D eigenvalue weighted by atomic mass is 10.1. The summed E-state index contributed by atoms with van der Waals surface area (Å²) in [5.41, 5.74) is 1.70.